The van der Waals surface area contributed by atoms with Gasteiger partial charge in [0.2, 0.25) is 0 Å². The number of halogens is 1. The van der Waals surface area contributed by atoms with Gasteiger partial charge in [-0.1, -0.05) is 54.1 Å². The Morgan fingerprint density at radius 1 is 0.929 bits per heavy atom. The molecule has 1 aromatic heterocycles. The van der Waals surface area contributed by atoms with Crippen molar-refractivity contribution < 1.29 is 4.74 Å². The number of ether oxygens (including phenoxy) is 1. The summed E-state index contributed by atoms with van der Waals surface area (Å²) in [7, 11) is 0. The molecule has 1 aliphatic rings. The quantitative estimate of drug-likeness (QED) is 0.662. The zero-order valence-electron chi connectivity index (χ0n) is 15.6. The minimum Gasteiger partial charge on any atom is -0.379 e. The third-order valence-corrected chi connectivity index (χ3v) is 5.18. The van der Waals surface area contributed by atoms with Gasteiger partial charge in [-0.3, -0.25) is 9.69 Å². The molecule has 0 N–H and O–H groups in total. The van der Waals surface area contributed by atoms with Crippen LogP contribution in [-0.2, 0) is 11.3 Å². The van der Waals surface area contributed by atoms with Gasteiger partial charge in [-0.05, 0) is 23.8 Å². The lowest BCUT2D eigenvalue weighted by Gasteiger charge is -2.26. The lowest BCUT2D eigenvalue weighted by Crippen LogP contribution is -2.39. The van der Waals surface area contributed by atoms with Gasteiger partial charge in [-0.25, -0.2) is 4.68 Å². The van der Waals surface area contributed by atoms with E-state index in [-0.39, 0.29) is 5.56 Å². The molecule has 0 saturated carbocycles. The van der Waals surface area contributed by atoms with Crippen LogP contribution in [0.2, 0.25) is 5.02 Å². The lowest BCUT2D eigenvalue weighted by atomic mass is 10.0. The second-order valence-electron chi connectivity index (χ2n) is 6.80. The maximum atomic E-state index is 13.1. The highest BCUT2D eigenvalue weighted by atomic mass is 35.5. The van der Waals surface area contributed by atoms with Crippen molar-refractivity contribution in [3.8, 4) is 22.4 Å². The van der Waals surface area contributed by atoms with Crippen molar-refractivity contribution in [1.29, 1.82) is 0 Å². The largest absolute Gasteiger partial charge is 0.379 e. The van der Waals surface area contributed by atoms with Crippen molar-refractivity contribution in [2.45, 2.75) is 6.54 Å². The predicted octanol–water partition coefficient (Wildman–Crippen LogP) is 3.56. The number of rotatable bonds is 5. The number of morpholine rings is 1. The number of aromatic nitrogens is 2. The van der Waals surface area contributed by atoms with Crippen molar-refractivity contribution in [3.05, 3.63) is 76.0 Å². The molecule has 144 valence electrons. The molecule has 4 rings (SSSR count). The van der Waals surface area contributed by atoms with Crippen LogP contribution < -0.4 is 5.56 Å². The van der Waals surface area contributed by atoms with Crippen LogP contribution in [0.3, 0.4) is 0 Å². The molecule has 1 aliphatic heterocycles. The number of benzene rings is 2. The first-order valence-electron chi connectivity index (χ1n) is 9.44. The molecule has 0 unspecified atom stereocenters. The normalized spacial score (nSPS) is 14.9. The SMILES string of the molecule is O=c1c(-c2ccccc2)cc(-c2ccc(Cl)cc2)nn1CCN1CCOCC1. The summed E-state index contributed by atoms with van der Waals surface area (Å²) in [5, 5.41) is 5.32. The van der Waals surface area contributed by atoms with Crippen LogP contribution in [0.1, 0.15) is 0 Å². The molecular formula is C22H22ClN3O2. The summed E-state index contributed by atoms with van der Waals surface area (Å²) in [6, 6.07) is 19.1. The molecule has 1 saturated heterocycles. The van der Waals surface area contributed by atoms with Crippen LogP contribution in [0.15, 0.2) is 65.5 Å². The Labute approximate surface area is 169 Å². The summed E-state index contributed by atoms with van der Waals surface area (Å²) in [4.78, 5) is 15.4. The monoisotopic (exact) mass is 395 g/mol. The Hall–Kier alpha value is -2.47. The summed E-state index contributed by atoms with van der Waals surface area (Å²) >= 11 is 6.03. The first-order chi connectivity index (χ1) is 13.7. The van der Waals surface area contributed by atoms with E-state index >= 15 is 0 Å². The number of hydrogen-bond acceptors (Lipinski definition) is 4. The predicted molar refractivity (Wildman–Crippen MR) is 112 cm³/mol. The van der Waals surface area contributed by atoms with Crippen molar-refractivity contribution in [3.63, 3.8) is 0 Å². The Bertz CT molecular complexity index is 981. The molecule has 28 heavy (non-hydrogen) atoms. The summed E-state index contributed by atoms with van der Waals surface area (Å²) in [5.74, 6) is 0. The topological polar surface area (TPSA) is 47.4 Å². The average molecular weight is 396 g/mol. The van der Waals surface area contributed by atoms with Crippen molar-refractivity contribution >= 4 is 11.6 Å². The van der Waals surface area contributed by atoms with Gasteiger partial charge in [0.15, 0.2) is 0 Å². The average Bonchev–Trinajstić information content (AvgIpc) is 2.75. The first-order valence-corrected chi connectivity index (χ1v) is 9.82. The van der Waals surface area contributed by atoms with E-state index in [1.807, 2.05) is 60.7 Å². The lowest BCUT2D eigenvalue weighted by molar-refractivity contribution is 0.0358. The van der Waals surface area contributed by atoms with Crippen LogP contribution in [-0.4, -0.2) is 47.5 Å². The Balaban J connectivity index is 1.72. The third kappa shape index (κ3) is 4.33. The van der Waals surface area contributed by atoms with Gasteiger partial charge >= 0.3 is 0 Å². The van der Waals surface area contributed by atoms with Crippen LogP contribution >= 0.6 is 11.6 Å². The van der Waals surface area contributed by atoms with Crippen molar-refractivity contribution in [2.75, 3.05) is 32.8 Å². The summed E-state index contributed by atoms with van der Waals surface area (Å²) in [6.45, 7) is 4.56. The van der Waals surface area contributed by atoms with E-state index < -0.39 is 0 Å². The van der Waals surface area contributed by atoms with Crippen LogP contribution in [0, 0.1) is 0 Å². The van der Waals surface area contributed by atoms with Crippen molar-refractivity contribution in [2.24, 2.45) is 0 Å². The fourth-order valence-electron chi connectivity index (χ4n) is 3.34. The molecule has 5 nitrogen and oxygen atoms in total. The molecule has 0 amide bonds. The Kier molecular flexibility index (Phi) is 5.86. The van der Waals surface area contributed by atoms with Gasteiger partial charge < -0.3 is 4.74 Å². The van der Waals surface area contributed by atoms with Gasteiger partial charge in [0.05, 0.1) is 31.0 Å². The maximum Gasteiger partial charge on any atom is 0.274 e. The zero-order chi connectivity index (χ0) is 19.3. The molecule has 1 fully saturated rings. The fourth-order valence-corrected chi connectivity index (χ4v) is 3.47. The standard InChI is InChI=1S/C22H22ClN3O2/c23-19-8-6-18(7-9-19)21-16-20(17-4-2-1-3-5-17)22(27)26(24-21)11-10-25-12-14-28-15-13-25/h1-9,16H,10-15H2. The molecule has 0 aliphatic carbocycles. The minimum atomic E-state index is -0.0721. The van der Waals surface area contributed by atoms with E-state index in [0.29, 0.717) is 17.1 Å². The Morgan fingerprint density at radius 2 is 1.64 bits per heavy atom. The van der Waals surface area contributed by atoms with E-state index in [4.69, 9.17) is 16.3 Å². The summed E-state index contributed by atoms with van der Waals surface area (Å²) in [5.41, 5.74) is 3.17. The van der Waals surface area contributed by atoms with E-state index in [0.717, 1.165) is 49.7 Å². The second-order valence-corrected chi connectivity index (χ2v) is 7.23. The molecule has 0 radical (unpaired) electrons. The van der Waals surface area contributed by atoms with E-state index in [1.165, 1.54) is 0 Å². The van der Waals surface area contributed by atoms with Crippen LogP contribution in [0.5, 0.6) is 0 Å². The van der Waals surface area contributed by atoms with Crippen LogP contribution in [0.25, 0.3) is 22.4 Å². The molecule has 2 heterocycles. The van der Waals surface area contributed by atoms with Gasteiger partial charge in [0.1, 0.15) is 0 Å². The molecule has 0 bridgehead atoms. The van der Waals surface area contributed by atoms with E-state index in [2.05, 4.69) is 10.00 Å². The highest BCUT2D eigenvalue weighted by molar-refractivity contribution is 6.30. The smallest absolute Gasteiger partial charge is 0.274 e. The summed E-state index contributed by atoms with van der Waals surface area (Å²) in [6.07, 6.45) is 0. The number of hydrogen-bond donors (Lipinski definition) is 0. The molecule has 2 aromatic carbocycles. The zero-order valence-corrected chi connectivity index (χ0v) is 16.3. The third-order valence-electron chi connectivity index (χ3n) is 4.93. The second kappa shape index (κ2) is 8.69. The van der Waals surface area contributed by atoms with Gasteiger partial charge in [0.25, 0.3) is 5.56 Å². The highest BCUT2D eigenvalue weighted by Crippen LogP contribution is 2.23. The highest BCUT2D eigenvalue weighted by Gasteiger charge is 2.14. The number of nitrogens with zero attached hydrogens (tertiary/aromatic N) is 3. The summed E-state index contributed by atoms with van der Waals surface area (Å²) < 4.78 is 6.99. The van der Waals surface area contributed by atoms with E-state index in [9.17, 15) is 4.79 Å². The van der Waals surface area contributed by atoms with Gasteiger partial charge in [0, 0.05) is 30.2 Å². The Morgan fingerprint density at radius 3 is 2.36 bits per heavy atom. The molecule has 6 heteroatoms. The molecule has 0 spiro atoms. The molecular weight excluding hydrogens is 374 g/mol. The van der Waals surface area contributed by atoms with Crippen LogP contribution in [0.4, 0.5) is 0 Å². The minimum absolute atomic E-state index is 0.0721. The van der Waals surface area contributed by atoms with Gasteiger partial charge in [-0.2, -0.15) is 5.10 Å². The van der Waals surface area contributed by atoms with E-state index in [1.54, 1.807) is 4.68 Å². The van der Waals surface area contributed by atoms with Crippen molar-refractivity contribution in [1.82, 2.24) is 14.7 Å². The molecule has 3 aromatic rings. The molecule has 0 atom stereocenters. The van der Waals surface area contributed by atoms with Gasteiger partial charge in [-0.15, -0.1) is 0 Å². The first kappa shape index (κ1) is 18.9. The fraction of sp³-hybridized carbons (Fsp3) is 0.273. The maximum absolute atomic E-state index is 13.1.